The highest BCUT2D eigenvalue weighted by Gasteiger charge is 2.33. The summed E-state index contributed by atoms with van der Waals surface area (Å²) in [4.78, 5) is 28.4. The van der Waals surface area contributed by atoms with Gasteiger partial charge in [0.1, 0.15) is 18.3 Å². The molecule has 0 radical (unpaired) electrons. The van der Waals surface area contributed by atoms with E-state index >= 15 is 0 Å². The topological polar surface area (TPSA) is 96.0 Å². The predicted molar refractivity (Wildman–Crippen MR) is 153 cm³/mol. The Kier molecular flexibility index (Phi) is 9.63. The number of carbonyl (C=O) groups excluding carboxylic acids is 2. The smallest absolute Gasteiger partial charge is 0.264 e. The van der Waals surface area contributed by atoms with Crippen molar-refractivity contribution in [2.75, 3.05) is 18.0 Å². The number of ether oxygens (including phenoxy) is 1. The minimum atomic E-state index is -4.20. The highest BCUT2D eigenvalue weighted by Crippen LogP contribution is 2.28. The van der Waals surface area contributed by atoms with Gasteiger partial charge in [-0.2, -0.15) is 0 Å². The third-order valence-corrected chi connectivity index (χ3v) is 7.91. The molecule has 3 aromatic rings. The van der Waals surface area contributed by atoms with Crippen molar-refractivity contribution in [3.63, 3.8) is 0 Å². The summed E-state index contributed by atoms with van der Waals surface area (Å²) < 4.78 is 33.9. The Balaban J connectivity index is 2.03. The molecule has 0 aliphatic rings. The Labute approximate surface area is 235 Å². The molecule has 1 N–H and O–H groups in total. The normalized spacial score (nSPS) is 12.4. The van der Waals surface area contributed by atoms with Crippen molar-refractivity contribution in [1.82, 2.24) is 10.2 Å². The van der Waals surface area contributed by atoms with E-state index in [9.17, 15) is 18.0 Å². The molecule has 3 rings (SSSR count). The standard InChI is InChI=1S/C29H34ClN3O5S/c1-21(28(35)31-29(2,3)4)32(19-22-10-7-6-8-11-22)27(34)20-33(24-13-9-12-23(30)18-24)39(36,37)26-16-14-25(38-5)15-17-26/h6-18,21H,19-20H2,1-5H3,(H,31,35)/t21-/m0/s1. The lowest BCUT2D eigenvalue weighted by atomic mass is 10.1. The summed E-state index contributed by atoms with van der Waals surface area (Å²) in [6.45, 7) is 6.75. The molecule has 208 valence electrons. The fourth-order valence-electron chi connectivity index (χ4n) is 3.87. The second-order valence-electron chi connectivity index (χ2n) is 10.1. The molecule has 0 spiro atoms. The average molecular weight is 572 g/mol. The molecular weight excluding hydrogens is 538 g/mol. The fourth-order valence-corrected chi connectivity index (χ4v) is 5.46. The first-order valence-corrected chi connectivity index (χ1v) is 14.2. The quantitative estimate of drug-likeness (QED) is 0.374. The summed E-state index contributed by atoms with van der Waals surface area (Å²) in [5.41, 5.74) is 0.504. The number of amides is 2. The van der Waals surface area contributed by atoms with Crippen LogP contribution in [0.3, 0.4) is 0 Å². The van der Waals surface area contributed by atoms with Crippen molar-refractivity contribution in [1.29, 1.82) is 0 Å². The van der Waals surface area contributed by atoms with Crippen LogP contribution in [0.1, 0.15) is 33.3 Å². The summed E-state index contributed by atoms with van der Waals surface area (Å²) in [6.07, 6.45) is 0. The van der Waals surface area contributed by atoms with Gasteiger partial charge in [0.2, 0.25) is 11.8 Å². The van der Waals surface area contributed by atoms with Crippen LogP contribution in [-0.2, 0) is 26.2 Å². The molecule has 0 fully saturated rings. The molecule has 39 heavy (non-hydrogen) atoms. The first-order valence-electron chi connectivity index (χ1n) is 12.4. The number of methoxy groups -OCH3 is 1. The number of carbonyl (C=O) groups is 2. The maximum atomic E-state index is 13.9. The summed E-state index contributed by atoms with van der Waals surface area (Å²) in [7, 11) is -2.72. The molecule has 0 aliphatic heterocycles. The summed E-state index contributed by atoms with van der Waals surface area (Å²) in [6, 6.07) is 20.5. The zero-order valence-corrected chi connectivity index (χ0v) is 24.3. The van der Waals surface area contributed by atoms with E-state index in [-0.39, 0.29) is 23.0 Å². The molecule has 10 heteroatoms. The van der Waals surface area contributed by atoms with Crippen LogP contribution < -0.4 is 14.4 Å². The number of anilines is 1. The van der Waals surface area contributed by atoms with E-state index in [4.69, 9.17) is 16.3 Å². The van der Waals surface area contributed by atoms with E-state index in [0.29, 0.717) is 10.8 Å². The van der Waals surface area contributed by atoms with Crippen LogP contribution in [0.4, 0.5) is 5.69 Å². The van der Waals surface area contributed by atoms with Crippen LogP contribution in [0.2, 0.25) is 5.02 Å². The summed E-state index contributed by atoms with van der Waals surface area (Å²) in [5, 5.41) is 3.22. The Bertz CT molecular complexity index is 1390. The molecule has 0 bridgehead atoms. The molecule has 1 atom stereocenters. The van der Waals surface area contributed by atoms with Crippen molar-refractivity contribution >= 4 is 39.1 Å². The molecule has 0 saturated heterocycles. The molecule has 0 aromatic heterocycles. The van der Waals surface area contributed by atoms with Gasteiger partial charge in [0.15, 0.2) is 0 Å². The SMILES string of the molecule is COc1ccc(S(=O)(=O)N(CC(=O)N(Cc2ccccc2)[C@@H](C)C(=O)NC(C)(C)C)c2cccc(Cl)c2)cc1. The van der Waals surface area contributed by atoms with Crippen molar-refractivity contribution in [3.8, 4) is 5.75 Å². The number of sulfonamides is 1. The lowest BCUT2D eigenvalue weighted by molar-refractivity contribution is -0.140. The lowest BCUT2D eigenvalue weighted by Crippen LogP contribution is -2.54. The number of hydrogen-bond acceptors (Lipinski definition) is 5. The molecular formula is C29H34ClN3O5S. The predicted octanol–water partition coefficient (Wildman–Crippen LogP) is 4.88. The number of benzene rings is 3. The second-order valence-corrected chi connectivity index (χ2v) is 12.4. The summed E-state index contributed by atoms with van der Waals surface area (Å²) >= 11 is 6.20. The minimum Gasteiger partial charge on any atom is -0.497 e. The maximum absolute atomic E-state index is 13.9. The number of rotatable bonds is 10. The van der Waals surface area contributed by atoms with Crippen LogP contribution in [0.15, 0.2) is 83.8 Å². The van der Waals surface area contributed by atoms with Gasteiger partial charge in [-0.15, -0.1) is 0 Å². The third kappa shape index (κ3) is 7.97. The van der Waals surface area contributed by atoms with Crippen molar-refractivity contribution < 1.29 is 22.7 Å². The molecule has 8 nitrogen and oxygen atoms in total. The van der Waals surface area contributed by atoms with Crippen molar-refractivity contribution in [2.45, 2.75) is 50.7 Å². The van der Waals surface area contributed by atoms with E-state index in [1.54, 1.807) is 25.1 Å². The third-order valence-electron chi connectivity index (χ3n) is 5.88. The van der Waals surface area contributed by atoms with Gasteiger partial charge in [-0.1, -0.05) is 48.0 Å². The molecule has 0 saturated carbocycles. The molecule has 3 aromatic carbocycles. The van der Waals surface area contributed by atoms with Gasteiger partial charge in [-0.05, 0) is 75.7 Å². The monoisotopic (exact) mass is 571 g/mol. The van der Waals surface area contributed by atoms with Crippen LogP contribution in [0.5, 0.6) is 5.75 Å². The number of nitrogens with zero attached hydrogens (tertiary/aromatic N) is 2. The van der Waals surface area contributed by atoms with Crippen LogP contribution >= 0.6 is 11.6 Å². The zero-order valence-electron chi connectivity index (χ0n) is 22.7. The number of hydrogen-bond donors (Lipinski definition) is 1. The fraction of sp³-hybridized carbons (Fsp3) is 0.310. The van der Waals surface area contributed by atoms with Gasteiger partial charge in [0.05, 0.1) is 17.7 Å². The Morgan fingerprint density at radius 3 is 2.18 bits per heavy atom. The van der Waals surface area contributed by atoms with Gasteiger partial charge in [0, 0.05) is 17.1 Å². The summed E-state index contributed by atoms with van der Waals surface area (Å²) in [5.74, 6) is -0.404. The van der Waals surface area contributed by atoms with E-state index in [0.717, 1.165) is 9.87 Å². The van der Waals surface area contributed by atoms with Gasteiger partial charge in [-0.25, -0.2) is 8.42 Å². The number of halogens is 1. The Morgan fingerprint density at radius 1 is 0.974 bits per heavy atom. The van der Waals surface area contributed by atoms with Crippen molar-refractivity contribution in [2.24, 2.45) is 0 Å². The first-order chi connectivity index (χ1) is 18.3. The van der Waals surface area contributed by atoms with Crippen LogP contribution in [0.25, 0.3) is 0 Å². The van der Waals surface area contributed by atoms with Crippen molar-refractivity contribution in [3.05, 3.63) is 89.4 Å². The maximum Gasteiger partial charge on any atom is 0.264 e. The largest absolute Gasteiger partial charge is 0.497 e. The second kappa shape index (κ2) is 12.5. The molecule has 0 unspecified atom stereocenters. The van der Waals surface area contributed by atoms with Gasteiger partial charge >= 0.3 is 0 Å². The number of nitrogens with one attached hydrogen (secondary N) is 1. The van der Waals surface area contributed by atoms with Gasteiger partial charge in [-0.3, -0.25) is 13.9 Å². The first kappa shape index (κ1) is 30.0. The average Bonchev–Trinajstić information content (AvgIpc) is 2.89. The minimum absolute atomic E-state index is 0.0239. The molecule has 2 amide bonds. The Hall–Kier alpha value is -3.56. The van der Waals surface area contributed by atoms with Gasteiger partial charge in [0.25, 0.3) is 10.0 Å². The Morgan fingerprint density at radius 2 is 1.62 bits per heavy atom. The highest BCUT2D eigenvalue weighted by molar-refractivity contribution is 7.92. The van der Waals surface area contributed by atoms with Gasteiger partial charge < -0.3 is 15.0 Å². The zero-order chi connectivity index (χ0) is 28.8. The van der Waals surface area contributed by atoms with E-state index in [1.807, 2.05) is 51.1 Å². The van der Waals surface area contributed by atoms with Crippen LogP contribution in [0, 0.1) is 0 Å². The van der Waals surface area contributed by atoms with Crippen LogP contribution in [-0.4, -0.2) is 50.4 Å². The van der Waals surface area contributed by atoms with E-state index in [1.165, 1.54) is 42.3 Å². The molecule has 0 heterocycles. The molecule has 0 aliphatic carbocycles. The van der Waals surface area contributed by atoms with E-state index < -0.39 is 34.1 Å². The van der Waals surface area contributed by atoms with E-state index in [2.05, 4.69) is 5.32 Å². The lowest BCUT2D eigenvalue weighted by Gasteiger charge is -2.33. The highest BCUT2D eigenvalue weighted by atomic mass is 35.5.